The van der Waals surface area contributed by atoms with E-state index >= 15 is 0 Å². The summed E-state index contributed by atoms with van der Waals surface area (Å²) < 4.78 is 5.47. The van der Waals surface area contributed by atoms with E-state index in [4.69, 9.17) is 9.84 Å². The van der Waals surface area contributed by atoms with Crippen LogP contribution in [0.5, 0.6) is 5.75 Å². The molecule has 1 aromatic carbocycles. The number of benzene rings is 1. The van der Waals surface area contributed by atoms with Crippen molar-refractivity contribution in [1.29, 1.82) is 0 Å². The van der Waals surface area contributed by atoms with Gasteiger partial charge in [-0.15, -0.1) is 11.3 Å². The number of nitrogens with zero attached hydrogens (tertiary/aromatic N) is 1. The summed E-state index contributed by atoms with van der Waals surface area (Å²) in [6, 6.07) is 7.68. The van der Waals surface area contributed by atoms with Crippen molar-refractivity contribution < 1.29 is 14.6 Å². The van der Waals surface area contributed by atoms with E-state index in [9.17, 15) is 4.79 Å². The van der Waals surface area contributed by atoms with Crippen LogP contribution in [0.2, 0.25) is 0 Å². The largest absolute Gasteiger partial charge is 0.494 e. The van der Waals surface area contributed by atoms with E-state index < -0.39 is 5.97 Å². The molecule has 0 bridgehead atoms. The number of thiazole rings is 1. The fraction of sp³-hybridized carbons (Fsp3) is 0.286. The standard InChI is InChI=1S/C14H15NO3S/c1-10-15-13(9-19-10)11-4-6-12(7-5-11)18-8-2-3-14(16)17/h4-7,9H,2-3,8H2,1H3,(H,16,17). The number of aromatic nitrogens is 1. The fourth-order valence-electron chi connectivity index (χ4n) is 1.63. The summed E-state index contributed by atoms with van der Waals surface area (Å²) in [5.74, 6) is -0.0426. The van der Waals surface area contributed by atoms with Gasteiger partial charge in [-0.3, -0.25) is 4.79 Å². The highest BCUT2D eigenvalue weighted by Gasteiger charge is 2.03. The van der Waals surface area contributed by atoms with Crippen LogP contribution in [0.3, 0.4) is 0 Å². The maximum atomic E-state index is 10.4. The lowest BCUT2D eigenvalue weighted by molar-refractivity contribution is -0.137. The molecule has 1 N–H and O–H groups in total. The van der Waals surface area contributed by atoms with Gasteiger partial charge in [0.15, 0.2) is 0 Å². The van der Waals surface area contributed by atoms with Crippen LogP contribution in [0.4, 0.5) is 0 Å². The van der Waals surface area contributed by atoms with Gasteiger partial charge in [-0.05, 0) is 37.6 Å². The van der Waals surface area contributed by atoms with Crippen molar-refractivity contribution in [3.63, 3.8) is 0 Å². The van der Waals surface area contributed by atoms with Gasteiger partial charge in [-0.25, -0.2) is 4.98 Å². The molecular formula is C14H15NO3S. The fourth-order valence-corrected chi connectivity index (χ4v) is 2.25. The Hall–Kier alpha value is -1.88. The number of carboxylic acid groups (broad SMARTS) is 1. The number of carbonyl (C=O) groups is 1. The van der Waals surface area contributed by atoms with Crippen LogP contribution in [-0.4, -0.2) is 22.7 Å². The molecule has 4 nitrogen and oxygen atoms in total. The van der Waals surface area contributed by atoms with Crippen molar-refractivity contribution in [2.45, 2.75) is 19.8 Å². The molecule has 1 heterocycles. The SMILES string of the molecule is Cc1nc(-c2ccc(OCCCC(=O)O)cc2)cs1. The van der Waals surface area contributed by atoms with Crippen molar-refractivity contribution in [3.8, 4) is 17.0 Å². The Morgan fingerprint density at radius 2 is 2.11 bits per heavy atom. The van der Waals surface area contributed by atoms with E-state index in [2.05, 4.69) is 4.98 Å². The first kappa shape index (κ1) is 13.5. The number of rotatable bonds is 6. The third kappa shape index (κ3) is 4.06. The van der Waals surface area contributed by atoms with Gasteiger partial charge in [0.2, 0.25) is 0 Å². The molecule has 0 spiro atoms. The molecule has 2 rings (SSSR count). The molecule has 100 valence electrons. The number of aryl methyl sites for hydroxylation is 1. The first-order chi connectivity index (χ1) is 9.15. The molecule has 0 saturated heterocycles. The van der Waals surface area contributed by atoms with Crippen molar-refractivity contribution >= 4 is 17.3 Å². The molecule has 5 heteroatoms. The summed E-state index contributed by atoms with van der Waals surface area (Å²) in [4.78, 5) is 14.8. The topological polar surface area (TPSA) is 59.4 Å². The van der Waals surface area contributed by atoms with E-state index in [1.54, 1.807) is 11.3 Å². The zero-order chi connectivity index (χ0) is 13.7. The maximum Gasteiger partial charge on any atom is 0.303 e. The normalized spacial score (nSPS) is 10.4. The van der Waals surface area contributed by atoms with Gasteiger partial charge in [-0.2, -0.15) is 0 Å². The molecule has 0 atom stereocenters. The number of hydrogen-bond acceptors (Lipinski definition) is 4. The number of aliphatic carboxylic acids is 1. The van der Waals surface area contributed by atoms with Crippen LogP contribution in [0.1, 0.15) is 17.8 Å². The Labute approximate surface area is 115 Å². The minimum Gasteiger partial charge on any atom is -0.494 e. The van der Waals surface area contributed by atoms with E-state index in [0.717, 1.165) is 22.0 Å². The van der Waals surface area contributed by atoms with Crippen molar-refractivity contribution in [2.75, 3.05) is 6.61 Å². The zero-order valence-corrected chi connectivity index (χ0v) is 11.4. The molecule has 2 aromatic rings. The summed E-state index contributed by atoms with van der Waals surface area (Å²) in [6.45, 7) is 2.40. The van der Waals surface area contributed by atoms with Crippen LogP contribution in [0, 0.1) is 6.92 Å². The minimum absolute atomic E-state index is 0.135. The zero-order valence-electron chi connectivity index (χ0n) is 10.6. The molecule has 19 heavy (non-hydrogen) atoms. The van der Waals surface area contributed by atoms with Crippen LogP contribution in [0.15, 0.2) is 29.6 Å². The van der Waals surface area contributed by atoms with Crippen LogP contribution in [0.25, 0.3) is 11.3 Å². The lowest BCUT2D eigenvalue weighted by Gasteiger charge is -2.05. The average Bonchev–Trinajstić information content (AvgIpc) is 2.82. The molecule has 0 radical (unpaired) electrons. The monoisotopic (exact) mass is 277 g/mol. The Balaban J connectivity index is 1.90. The quantitative estimate of drug-likeness (QED) is 0.822. The predicted octanol–water partition coefficient (Wildman–Crippen LogP) is 3.36. The molecule has 0 amide bonds. The third-order valence-corrected chi connectivity index (χ3v) is 3.35. The van der Waals surface area contributed by atoms with E-state index in [0.29, 0.717) is 13.0 Å². The smallest absolute Gasteiger partial charge is 0.303 e. The second-order valence-electron chi connectivity index (χ2n) is 4.12. The van der Waals surface area contributed by atoms with Crippen molar-refractivity contribution in [2.24, 2.45) is 0 Å². The Morgan fingerprint density at radius 1 is 1.37 bits per heavy atom. The van der Waals surface area contributed by atoms with Crippen molar-refractivity contribution in [3.05, 3.63) is 34.7 Å². The first-order valence-electron chi connectivity index (χ1n) is 6.02. The summed E-state index contributed by atoms with van der Waals surface area (Å²) in [5.41, 5.74) is 2.03. The third-order valence-electron chi connectivity index (χ3n) is 2.57. The van der Waals surface area contributed by atoms with Gasteiger partial charge in [0.05, 0.1) is 17.3 Å². The molecule has 0 aliphatic carbocycles. The highest BCUT2D eigenvalue weighted by atomic mass is 32.1. The number of hydrogen-bond donors (Lipinski definition) is 1. The van der Waals surface area contributed by atoms with Gasteiger partial charge in [0.1, 0.15) is 5.75 Å². The molecule has 0 fully saturated rings. The van der Waals surface area contributed by atoms with Gasteiger partial charge >= 0.3 is 5.97 Å². The Kier molecular flexibility index (Phi) is 4.52. The lowest BCUT2D eigenvalue weighted by Crippen LogP contribution is -2.01. The van der Waals surface area contributed by atoms with E-state index in [-0.39, 0.29) is 6.42 Å². The number of carboxylic acids is 1. The molecular weight excluding hydrogens is 262 g/mol. The van der Waals surface area contributed by atoms with Gasteiger partial charge in [0.25, 0.3) is 0 Å². The lowest BCUT2D eigenvalue weighted by atomic mass is 10.2. The summed E-state index contributed by atoms with van der Waals surface area (Å²) >= 11 is 1.63. The maximum absolute atomic E-state index is 10.4. The van der Waals surface area contributed by atoms with Crippen LogP contribution >= 0.6 is 11.3 Å². The van der Waals surface area contributed by atoms with Gasteiger partial charge in [-0.1, -0.05) is 0 Å². The first-order valence-corrected chi connectivity index (χ1v) is 6.90. The number of ether oxygens (including phenoxy) is 1. The highest BCUT2D eigenvalue weighted by Crippen LogP contribution is 2.23. The summed E-state index contributed by atoms with van der Waals surface area (Å²) in [6.07, 6.45) is 0.651. The van der Waals surface area contributed by atoms with Crippen LogP contribution < -0.4 is 4.74 Å². The second kappa shape index (κ2) is 6.33. The van der Waals surface area contributed by atoms with E-state index in [1.165, 1.54) is 0 Å². The Morgan fingerprint density at radius 3 is 2.68 bits per heavy atom. The molecule has 0 aliphatic heterocycles. The molecule has 0 unspecified atom stereocenters. The van der Waals surface area contributed by atoms with Crippen molar-refractivity contribution in [1.82, 2.24) is 4.98 Å². The minimum atomic E-state index is -0.794. The van der Waals surface area contributed by atoms with E-state index in [1.807, 2.05) is 36.6 Å². The summed E-state index contributed by atoms with van der Waals surface area (Å²) in [5, 5.41) is 11.6. The molecule has 1 aromatic heterocycles. The van der Waals surface area contributed by atoms with Gasteiger partial charge in [0, 0.05) is 17.4 Å². The Bertz CT molecular complexity index is 548. The second-order valence-corrected chi connectivity index (χ2v) is 5.18. The van der Waals surface area contributed by atoms with Gasteiger partial charge < -0.3 is 9.84 Å². The molecule has 0 aliphatic rings. The predicted molar refractivity (Wildman–Crippen MR) is 74.7 cm³/mol. The summed E-state index contributed by atoms with van der Waals surface area (Å²) in [7, 11) is 0. The molecule has 0 saturated carbocycles. The van der Waals surface area contributed by atoms with Crippen LogP contribution in [-0.2, 0) is 4.79 Å². The average molecular weight is 277 g/mol. The highest BCUT2D eigenvalue weighted by molar-refractivity contribution is 7.09.